The van der Waals surface area contributed by atoms with Gasteiger partial charge in [0.05, 0.1) is 13.2 Å². The van der Waals surface area contributed by atoms with Crippen molar-refractivity contribution in [2.45, 2.75) is 77.4 Å². The zero-order chi connectivity index (χ0) is 28.3. The molecule has 3 aromatic carbocycles. The van der Waals surface area contributed by atoms with Gasteiger partial charge in [-0.25, -0.2) is 13.2 Å². The number of halogens is 3. The van der Waals surface area contributed by atoms with E-state index in [-0.39, 0.29) is 5.56 Å². The number of rotatable bonds is 14. The van der Waals surface area contributed by atoms with E-state index in [1.807, 2.05) is 6.08 Å². The molecular formula is C35H41F3O2. The Kier molecular flexibility index (Phi) is 11.4. The standard InChI is InChI=1S/C35H41F3O2/c1-3-5-7-8-9-10-11-13-28-18-21-31(34(38)33(28)37)27-16-14-26(15-17-27)30-20-19-29(22-32(30)36)35-39-23-25(24-40-35)12-6-4-2/h4,14-22,25,35H,2-3,5-13,23-24H2,1H3. The molecule has 0 amide bonds. The minimum absolute atomic E-state index is 0.209. The van der Waals surface area contributed by atoms with Crippen molar-refractivity contribution < 1.29 is 22.6 Å². The highest BCUT2D eigenvalue weighted by Crippen LogP contribution is 2.33. The molecule has 0 saturated carbocycles. The SMILES string of the molecule is C=CCCC1COC(c2ccc(-c3ccc(-c4ccc(CCCCCCCCC)c(F)c4F)cc3)c(F)c2)OC1. The number of aryl methyl sites for hydroxylation is 1. The van der Waals surface area contributed by atoms with Gasteiger partial charge in [-0.05, 0) is 48.4 Å². The van der Waals surface area contributed by atoms with E-state index >= 15 is 4.39 Å². The molecule has 0 radical (unpaired) electrons. The molecule has 0 N–H and O–H groups in total. The first kappa shape index (κ1) is 30.1. The molecule has 0 aromatic heterocycles. The van der Waals surface area contributed by atoms with Gasteiger partial charge < -0.3 is 9.47 Å². The second kappa shape index (κ2) is 15.2. The predicted octanol–water partition coefficient (Wildman–Crippen LogP) is 10.4. The van der Waals surface area contributed by atoms with E-state index in [1.165, 1.54) is 31.7 Å². The first-order valence-electron chi connectivity index (χ1n) is 14.7. The summed E-state index contributed by atoms with van der Waals surface area (Å²) >= 11 is 0. The van der Waals surface area contributed by atoms with Gasteiger partial charge in [-0.3, -0.25) is 0 Å². The van der Waals surface area contributed by atoms with Gasteiger partial charge in [-0.1, -0.05) is 100 Å². The van der Waals surface area contributed by atoms with E-state index in [2.05, 4.69) is 13.5 Å². The van der Waals surface area contributed by atoms with Gasteiger partial charge in [0, 0.05) is 22.6 Å². The van der Waals surface area contributed by atoms with Gasteiger partial charge in [0.2, 0.25) is 0 Å². The average Bonchev–Trinajstić information content (AvgIpc) is 2.98. The summed E-state index contributed by atoms with van der Waals surface area (Å²) in [5.41, 5.74) is 2.89. The fourth-order valence-electron chi connectivity index (χ4n) is 5.28. The van der Waals surface area contributed by atoms with Gasteiger partial charge in [-0.2, -0.15) is 0 Å². The number of ether oxygens (including phenoxy) is 2. The van der Waals surface area contributed by atoms with Crippen molar-refractivity contribution in [2.24, 2.45) is 5.92 Å². The Morgan fingerprint density at radius 2 is 1.40 bits per heavy atom. The maximum Gasteiger partial charge on any atom is 0.183 e. The van der Waals surface area contributed by atoms with Crippen LogP contribution in [0.15, 0.2) is 67.3 Å². The molecule has 1 saturated heterocycles. The Bertz CT molecular complexity index is 1230. The third-order valence-electron chi connectivity index (χ3n) is 7.73. The Labute approximate surface area is 237 Å². The summed E-state index contributed by atoms with van der Waals surface area (Å²) in [6.07, 6.45) is 11.7. The Hall–Kier alpha value is -2.89. The molecule has 3 aromatic rings. The molecule has 0 aliphatic carbocycles. The smallest absolute Gasteiger partial charge is 0.183 e. The summed E-state index contributed by atoms with van der Waals surface area (Å²) in [5.74, 6) is -1.68. The fraction of sp³-hybridized carbons (Fsp3) is 0.429. The first-order chi connectivity index (χ1) is 19.5. The van der Waals surface area contributed by atoms with Crippen LogP contribution in [0.2, 0.25) is 0 Å². The molecule has 1 aliphatic rings. The van der Waals surface area contributed by atoms with E-state index < -0.39 is 23.7 Å². The zero-order valence-corrected chi connectivity index (χ0v) is 23.6. The van der Waals surface area contributed by atoms with Crippen LogP contribution in [-0.2, 0) is 15.9 Å². The fourth-order valence-corrected chi connectivity index (χ4v) is 5.28. The summed E-state index contributed by atoms with van der Waals surface area (Å²) in [4.78, 5) is 0. The molecule has 0 unspecified atom stereocenters. The molecule has 0 spiro atoms. The van der Waals surface area contributed by atoms with Crippen molar-refractivity contribution in [3.63, 3.8) is 0 Å². The Balaban J connectivity index is 1.37. The lowest BCUT2D eigenvalue weighted by Gasteiger charge is -2.29. The van der Waals surface area contributed by atoms with E-state index in [9.17, 15) is 8.78 Å². The van der Waals surface area contributed by atoms with Crippen molar-refractivity contribution in [1.82, 2.24) is 0 Å². The van der Waals surface area contributed by atoms with Crippen molar-refractivity contribution in [3.8, 4) is 22.3 Å². The quantitative estimate of drug-likeness (QED) is 0.147. The van der Waals surface area contributed by atoms with Crippen LogP contribution in [0.3, 0.4) is 0 Å². The van der Waals surface area contributed by atoms with Gasteiger partial charge in [-0.15, -0.1) is 6.58 Å². The molecule has 1 fully saturated rings. The molecule has 1 aliphatic heterocycles. The summed E-state index contributed by atoms with van der Waals surface area (Å²) < 4.78 is 56.6. The lowest BCUT2D eigenvalue weighted by Crippen LogP contribution is -2.27. The summed E-state index contributed by atoms with van der Waals surface area (Å²) in [6.45, 7) is 7.08. The average molecular weight is 551 g/mol. The Morgan fingerprint density at radius 1 is 0.775 bits per heavy atom. The van der Waals surface area contributed by atoms with Gasteiger partial charge in [0.1, 0.15) is 5.82 Å². The van der Waals surface area contributed by atoms with Crippen LogP contribution in [-0.4, -0.2) is 13.2 Å². The predicted molar refractivity (Wildman–Crippen MR) is 156 cm³/mol. The summed E-state index contributed by atoms with van der Waals surface area (Å²) in [7, 11) is 0. The number of hydrogen-bond donors (Lipinski definition) is 0. The molecule has 40 heavy (non-hydrogen) atoms. The topological polar surface area (TPSA) is 18.5 Å². The van der Waals surface area contributed by atoms with Crippen LogP contribution in [0.4, 0.5) is 13.2 Å². The number of benzene rings is 3. The van der Waals surface area contributed by atoms with Crippen molar-refractivity contribution in [3.05, 3.63) is 95.8 Å². The molecule has 1 heterocycles. The van der Waals surface area contributed by atoms with E-state index in [0.717, 1.165) is 32.1 Å². The molecular weight excluding hydrogens is 509 g/mol. The van der Waals surface area contributed by atoms with Crippen molar-refractivity contribution >= 4 is 0 Å². The molecule has 214 valence electrons. The second-order valence-corrected chi connectivity index (χ2v) is 10.8. The van der Waals surface area contributed by atoms with Crippen LogP contribution in [0.1, 0.15) is 82.1 Å². The Morgan fingerprint density at radius 3 is 2.05 bits per heavy atom. The van der Waals surface area contributed by atoms with Crippen LogP contribution < -0.4 is 0 Å². The minimum atomic E-state index is -0.831. The van der Waals surface area contributed by atoms with Crippen LogP contribution in [0, 0.1) is 23.4 Å². The molecule has 5 heteroatoms. The lowest BCUT2D eigenvalue weighted by molar-refractivity contribution is -0.205. The van der Waals surface area contributed by atoms with Crippen molar-refractivity contribution in [2.75, 3.05) is 13.2 Å². The van der Waals surface area contributed by atoms with Crippen LogP contribution >= 0.6 is 0 Å². The van der Waals surface area contributed by atoms with E-state index in [0.29, 0.717) is 53.4 Å². The van der Waals surface area contributed by atoms with Crippen LogP contribution in [0.5, 0.6) is 0 Å². The molecule has 2 nitrogen and oxygen atoms in total. The third kappa shape index (κ3) is 7.86. The normalized spacial score (nSPS) is 17.2. The zero-order valence-electron chi connectivity index (χ0n) is 23.6. The van der Waals surface area contributed by atoms with Gasteiger partial charge >= 0.3 is 0 Å². The molecule has 0 atom stereocenters. The highest BCUT2D eigenvalue weighted by Gasteiger charge is 2.24. The largest absolute Gasteiger partial charge is 0.348 e. The summed E-state index contributed by atoms with van der Waals surface area (Å²) in [6, 6.07) is 15.1. The lowest BCUT2D eigenvalue weighted by atomic mass is 9.96. The number of hydrogen-bond acceptors (Lipinski definition) is 2. The first-order valence-corrected chi connectivity index (χ1v) is 14.7. The van der Waals surface area contributed by atoms with Gasteiger partial charge in [0.25, 0.3) is 0 Å². The maximum absolute atomic E-state index is 15.1. The van der Waals surface area contributed by atoms with E-state index in [4.69, 9.17) is 9.47 Å². The highest BCUT2D eigenvalue weighted by molar-refractivity contribution is 5.71. The molecule has 4 rings (SSSR count). The monoisotopic (exact) mass is 550 g/mol. The van der Waals surface area contributed by atoms with Crippen LogP contribution in [0.25, 0.3) is 22.3 Å². The number of unbranched alkanes of at least 4 members (excludes halogenated alkanes) is 6. The minimum Gasteiger partial charge on any atom is -0.348 e. The third-order valence-corrected chi connectivity index (χ3v) is 7.73. The van der Waals surface area contributed by atoms with E-state index in [1.54, 1.807) is 48.5 Å². The molecule has 0 bridgehead atoms. The maximum atomic E-state index is 15.1. The van der Waals surface area contributed by atoms with Gasteiger partial charge in [0.15, 0.2) is 17.9 Å². The summed E-state index contributed by atoms with van der Waals surface area (Å²) in [5, 5.41) is 0. The number of allylic oxidation sites excluding steroid dienone is 1. The second-order valence-electron chi connectivity index (χ2n) is 10.8. The highest BCUT2D eigenvalue weighted by atomic mass is 19.2. The van der Waals surface area contributed by atoms with Crippen molar-refractivity contribution in [1.29, 1.82) is 0 Å².